The number of unbranched alkanes of at least 4 members (excludes halogenated alkanes) is 1. The normalized spacial score (nSPS) is 10.1. The van der Waals surface area contributed by atoms with Gasteiger partial charge in [0.15, 0.2) is 5.69 Å². The largest absolute Gasteiger partial charge is 0.340 e. The molecule has 0 atom stereocenters. The molecule has 0 unspecified atom stereocenters. The first-order chi connectivity index (χ1) is 7.15. The Kier molecular flexibility index (Phi) is 4.21. The third-order valence-electron chi connectivity index (χ3n) is 2.21. The van der Waals surface area contributed by atoms with Crippen LogP contribution in [0.2, 0.25) is 0 Å². The minimum absolute atomic E-state index is 0.0593. The van der Waals surface area contributed by atoms with Crippen molar-refractivity contribution in [3.8, 4) is 0 Å². The van der Waals surface area contributed by atoms with Gasteiger partial charge in [0.2, 0.25) is 0 Å². The maximum Gasteiger partial charge on any atom is 0.274 e. The van der Waals surface area contributed by atoms with Crippen molar-refractivity contribution in [3.63, 3.8) is 0 Å². The number of nitrogens with zero attached hydrogens (tertiary/aromatic N) is 3. The van der Waals surface area contributed by atoms with Crippen LogP contribution in [0.5, 0.6) is 0 Å². The van der Waals surface area contributed by atoms with Gasteiger partial charge in [0.1, 0.15) is 0 Å². The van der Waals surface area contributed by atoms with Gasteiger partial charge in [-0.15, -0.1) is 5.10 Å². The van der Waals surface area contributed by atoms with Crippen LogP contribution in [-0.2, 0) is 0 Å². The summed E-state index contributed by atoms with van der Waals surface area (Å²) in [5.41, 5.74) is 1.24. The lowest BCUT2D eigenvalue weighted by Crippen LogP contribution is -2.28. The van der Waals surface area contributed by atoms with E-state index in [1.165, 1.54) is 0 Å². The van der Waals surface area contributed by atoms with Gasteiger partial charge in [0.05, 0.1) is 5.69 Å². The Morgan fingerprint density at radius 3 is 2.67 bits per heavy atom. The van der Waals surface area contributed by atoms with Crippen molar-refractivity contribution in [2.45, 2.75) is 26.7 Å². The lowest BCUT2D eigenvalue weighted by molar-refractivity contribution is 0.0786. The van der Waals surface area contributed by atoms with E-state index in [2.05, 4.69) is 17.1 Å². The number of carbonyl (C=O) groups is 1. The zero-order valence-corrected chi connectivity index (χ0v) is 9.53. The Morgan fingerprint density at radius 2 is 2.13 bits per heavy atom. The summed E-state index contributed by atoms with van der Waals surface area (Å²) in [5, 5.41) is 7.73. The van der Waals surface area contributed by atoms with Crippen molar-refractivity contribution in [2.75, 3.05) is 13.6 Å². The molecule has 0 aliphatic carbocycles. The minimum Gasteiger partial charge on any atom is -0.340 e. The average molecular weight is 207 g/mol. The highest BCUT2D eigenvalue weighted by molar-refractivity contribution is 5.91. The number of amides is 1. The molecular weight excluding hydrogens is 190 g/mol. The molecule has 0 saturated heterocycles. The zero-order chi connectivity index (χ0) is 11.3. The van der Waals surface area contributed by atoms with Gasteiger partial charge in [0, 0.05) is 13.6 Å². The molecule has 1 aromatic rings. The van der Waals surface area contributed by atoms with E-state index >= 15 is 0 Å². The van der Waals surface area contributed by atoms with Crippen LogP contribution in [0.4, 0.5) is 0 Å². The molecular formula is C11H17N3O. The van der Waals surface area contributed by atoms with Crippen LogP contribution in [0, 0.1) is 6.92 Å². The molecule has 1 heterocycles. The first kappa shape index (κ1) is 11.6. The first-order valence-electron chi connectivity index (χ1n) is 5.21. The third-order valence-corrected chi connectivity index (χ3v) is 2.21. The Hall–Kier alpha value is -1.45. The number of hydrogen-bond acceptors (Lipinski definition) is 3. The van der Waals surface area contributed by atoms with E-state index in [1.54, 1.807) is 24.1 Å². The molecule has 0 N–H and O–H groups in total. The van der Waals surface area contributed by atoms with Gasteiger partial charge in [-0.05, 0) is 25.5 Å². The second-order valence-electron chi connectivity index (χ2n) is 3.64. The standard InChI is InChI=1S/C11H17N3O/c1-4-5-8-14(3)11(15)10-7-6-9(2)12-13-10/h6-7H,4-5,8H2,1-3H3. The minimum atomic E-state index is -0.0593. The van der Waals surface area contributed by atoms with Crippen LogP contribution in [0.3, 0.4) is 0 Å². The molecule has 4 heteroatoms. The van der Waals surface area contributed by atoms with E-state index in [4.69, 9.17) is 0 Å². The van der Waals surface area contributed by atoms with E-state index in [1.807, 2.05) is 6.92 Å². The summed E-state index contributed by atoms with van der Waals surface area (Å²) in [5.74, 6) is -0.0593. The molecule has 0 radical (unpaired) electrons. The molecule has 0 aromatic carbocycles. The quantitative estimate of drug-likeness (QED) is 0.754. The Bertz CT molecular complexity index is 321. The summed E-state index contributed by atoms with van der Waals surface area (Å²) >= 11 is 0. The number of hydrogen-bond donors (Lipinski definition) is 0. The number of aromatic nitrogens is 2. The first-order valence-corrected chi connectivity index (χ1v) is 5.21. The van der Waals surface area contributed by atoms with Crippen molar-refractivity contribution in [2.24, 2.45) is 0 Å². The molecule has 1 rings (SSSR count). The molecule has 0 saturated carbocycles. The summed E-state index contributed by atoms with van der Waals surface area (Å²) in [6.07, 6.45) is 2.10. The summed E-state index contributed by atoms with van der Waals surface area (Å²) in [7, 11) is 1.79. The van der Waals surface area contributed by atoms with Crippen molar-refractivity contribution in [1.82, 2.24) is 15.1 Å². The second-order valence-corrected chi connectivity index (χ2v) is 3.64. The van der Waals surface area contributed by atoms with Gasteiger partial charge in [-0.2, -0.15) is 5.10 Å². The van der Waals surface area contributed by atoms with Crippen LogP contribution in [0.25, 0.3) is 0 Å². The van der Waals surface area contributed by atoms with Crippen LogP contribution < -0.4 is 0 Å². The fourth-order valence-electron chi connectivity index (χ4n) is 1.21. The molecule has 0 aliphatic rings. The lowest BCUT2D eigenvalue weighted by atomic mass is 10.3. The van der Waals surface area contributed by atoms with Crippen molar-refractivity contribution in [1.29, 1.82) is 0 Å². The zero-order valence-electron chi connectivity index (χ0n) is 9.53. The SMILES string of the molecule is CCCCN(C)C(=O)c1ccc(C)nn1. The predicted molar refractivity (Wildman–Crippen MR) is 58.6 cm³/mol. The van der Waals surface area contributed by atoms with Crippen molar-refractivity contribution < 1.29 is 4.79 Å². The molecule has 15 heavy (non-hydrogen) atoms. The third kappa shape index (κ3) is 3.31. The maximum atomic E-state index is 11.8. The van der Waals surface area contributed by atoms with Crippen molar-refractivity contribution in [3.05, 3.63) is 23.5 Å². The van der Waals surface area contributed by atoms with Gasteiger partial charge >= 0.3 is 0 Å². The highest BCUT2D eigenvalue weighted by Gasteiger charge is 2.12. The van der Waals surface area contributed by atoms with Gasteiger partial charge in [0.25, 0.3) is 5.91 Å². The van der Waals surface area contributed by atoms with Crippen LogP contribution in [-0.4, -0.2) is 34.6 Å². The molecule has 0 aliphatic heterocycles. The van der Waals surface area contributed by atoms with E-state index in [-0.39, 0.29) is 5.91 Å². The number of carbonyl (C=O) groups excluding carboxylic acids is 1. The fourth-order valence-corrected chi connectivity index (χ4v) is 1.21. The van der Waals surface area contributed by atoms with E-state index in [9.17, 15) is 4.79 Å². The number of aryl methyl sites for hydroxylation is 1. The highest BCUT2D eigenvalue weighted by atomic mass is 16.2. The molecule has 82 valence electrons. The van der Waals surface area contributed by atoms with Gasteiger partial charge < -0.3 is 4.90 Å². The second kappa shape index (κ2) is 5.44. The van der Waals surface area contributed by atoms with Gasteiger partial charge in [-0.25, -0.2) is 0 Å². The van der Waals surface area contributed by atoms with Crippen LogP contribution >= 0.6 is 0 Å². The molecule has 0 spiro atoms. The highest BCUT2D eigenvalue weighted by Crippen LogP contribution is 2.01. The van der Waals surface area contributed by atoms with E-state index < -0.39 is 0 Å². The van der Waals surface area contributed by atoms with Gasteiger partial charge in [-0.1, -0.05) is 13.3 Å². The molecule has 1 aromatic heterocycles. The maximum absolute atomic E-state index is 11.8. The van der Waals surface area contributed by atoms with Crippen LogP contribution in [0.1, 0.15) is 35.9 Å². The summed E-state index contributed by atoms with van der Waals surface area (Å²) in [4.78, 5) is 13.5. The topological polar surface area (TPSA) is 46.1 Å². The van der Waals surface area contributed by atoms with Crippen molar-refractivity contribution >= 4 is 5.91 Å². The monoisotopic (exact) mass is 207 g/mol. The molecule has 0 fully saturated rings. The fraction of sp³-hybridized carbons (Fsp3) is 0.545. The molecule has 4 nitrogen and oxygen atoms in total. The Balaban J connectivity index is 2.63. The predicted octanol–water partition coefficient (Wildman–Crippen LogP) is 1.66. The Labute approximate surface area is 90.3 Å². The Morgan fingerprint density at radius 1 is 1.40 bits per heavy atom. The summed E-state index contributed by atoms with van der Waals surface area (Å²) in [6, 6.07) is 3.51. The lowest BCUT2D eigenvalue weighted by Gasteiger charge is -2.15. The van der Waals surface area contributed by atoms with Crippen LogP contribution in [0.15, 0.2) is 12.1 Å². The summed E-state index contributed by atoms with van der Waals surface area (Å²) in [6.45, 7) is 4.72. The summed E-state index contributed by atoms with van der Waals surface area (Å²) < 4.78 is 0. The van der Waals surface area contributed by atoms with E-state index in [0.717, 1.165) is 25.1 Å². The van der Waals surface area contributed by atoms with Gasteiger partial charge in [-0.3, -0.25) is 4.79 Å². The average Bonchev–Trinajstić information content (AvgIpc) is 2.26. The molecule has 0 bridgehead atoms. The molecule has 1 amide bonds. The van der Waals surface area contributed by atoms with E-state index in [0.29, 0.717) is 5.69 Å². The number of rotatable bonds is 4. The smallest absolute Gasteiger partial charge is 0.274 e.